The van der Waals surface area contributed by atoms with Gasteiger partial charge < -0.3 is 5.32 Å². The Balaban J connectivity index is 2.33. The second-order valence-corrected chi connectivity index (χ2v) is 1.81. The first kappa shape index (κ1) is 5.91. The van der Waals surface area contributed by atoms with Gasteiger partial charge in [0.15, 0.2) is 0 Å². The Morgan fingerprint density at radius 2 is 2.00 bits per heavy atom. The monoisotopic (exact) mass is 122 g/mol. The molecule has 0 aromatic carbocycles. The fraction of sp³-hybridized carbons (Fsp3) is 1.00. The van der Waals surface area contributed by atoms with Crippen LogP contribution in [0.2, 0.25) is 0 Å². The molecule has 2 nitrogen and oxygen atoms in total. The van der Waals surface area contributed by atoms with E-state index in [1.54, 1.807) is 0 Å². The number of rotatable bonds is 0. The summed E-state index contributed by atoms with van der Waals surface area (Å²) in [5.74, 6) is 0. The summed E-state index contributed by atoms with van der Waals surface area (Å²) in [6, 6.07) is -2.68. The molecule has 1 rings (SSSR count). The molecule has 0 atom stereocenters. The predicted molar refractivity (Wildman–Crippen MR) is 25.8 cm³/mol. The van der Waals surface area contributed by atoms with Gasteiger partial charge >= 0.3 is 6.05 Å². The highest BCUT2D eigenvalue weighted by atomic mass is 19.3. The zero-order chi connectivity index (χ0) is 6.04. The van der Waals surface area contributed by atoms with Crippen molar-refractivity contribution in [3.8, 4) is 0 Å². The summed E-state index contributed by atoms with van der Waals surface area (Å²) in [5, 5.41) is 4.62. The summed E-state index contributed by atoms with van der Waals surface area (Å²) in [4.78, 5) is 0. The van der Waals surface area contributed by atoms with E-state index in [1.165, 1.54) is 0 Å². The van der Waals surface area contributed by atoms with Crippen molar-refractivity contribution in [1.29, 1.82) is 0 Å². The molecular formula is C4H8F2N2. The third-order valence-electron chi connectivity index (χ3n) is 1.03. The normalized spacial score (nSPS) is 27.8. The first-order valence-corrected chi connectivity index (χ1v) is 2.54. The van der Waals surface area contributed by atoms with Crippen molar-refractivity contribution in [3.05, 3.63) is 0 Å². The van der Waals surface area contributed by atoms with Gasteiger partial charge in [-0.05, 0) is 0 Å². The number of nitrogens with one attached hydrogen (secondary N) is 2. The van der Waals surface area contributed by atoms with E-state index in [0.29, 0.717) is 13.1 Å². The Bertz CT molecular complexity index is 76.1. The summed E-state index contributed by atoms with van der Waals surface area (Å²) in [5.41, 5.74) is 0. The van der Waals surface area contributed by atoms with Crippen LogP contribution in [0.15, 0.2) is 0 Å². The lowest BCUT2D eigenvalue weighted by Crippen LogP contribution is -2.53. The minimum Gasteiger partial charge on any atom is -0.309 e. The van der Waals surface area contributed by atoms with E-state index in [2.05, 4.69) is 10.6 Å². The summed E-state index contributed by atoms with van der Waals surface area (Å²) < 4.78 is 24.1. The Kier molecular flexibility index (Phi) is 1.44. The number of hydrogen-bond donors (Lipinski definition) is 2. The molecule has 1 saturated heterocycles. The molecule has 1 fully saturated rings. The zero-order valence-corrected chi connectivity index (χ0v) is 4.38. The quantitative estimate of drug-likeness (QED) is 0.434. The van der Waals surface area contributed by atoms with Crippen LogP contribution in [0.3, 0.4) is 0 Å². The van der Waals surface area contributed by atoms with E-state index < -0.39 is 6.05 Å². The standard InChI is InChI=1S/C4H8F2N2/c5-4(6)3-7-1-2-8-4/h7-8H,1-3H2. The second-order valence-electron chi connectivity index (χ2n) is 1.81. The van der Waals surface area contributed by atoms with Crippen LogP contribution in [0.5, 0.6) is 0 Å². The Morgan fingerprint density at radius 1 is 1.25 bits per heavy atom. The highest BCUT2D eigenvalue weighted by Gasteiger charge is 2.29. The maximum atomic E-state index is 12.0. The minimum absolute atomic E-state index is 0.243. The number of halogens is 2. The van der Waals surface area contributed by atoms with Crippen LogP contribution in [0.25, 0.3) is 0 Å². The Hall–Kier alpha value is -0.220. The second kappa shape index (κ2) is 1.95. The van der Waals surface area contributed by atoms with E-state index >= 15 is 0 Å². The minimum atomic E-state index is -2.68. The third kappa shape index (κ3) is 1.38. The smallest absolute Gasteiger partial charge is 0.309 e. The molecule has 48 valence electrons. The highest BCUT2D eigenvalue weighted by Crippen LogP contribution is 2.07. The van der Waals surface area contributed by atoms with Crippen molar-refractivity contribution in [2.45, 2.75) is 6.05 Å². The Labute approximate surface area is 46.3 Å². The molecule has 1 aliphatic heterocycles. The van der Waals surface area contributed by atoms with E-state index in [9.17, 15) is 8.78 Å². The molecule has 8 heavy (non-hydrogen) atoms. The van der Waals surface area contributed by atoms with Gasteiger partial charge in [0.2, 0.25) is 0 Å². The van der Waals surface area contributed by atoms with Crippen molar-refractivity contribution in [3.63, 3.8) is 0 Å². The van der Waals surface area contributed by atoms with Crippen molar-refractivity contribution in [2.24, 2.45) is 0 Å². The molecule has 1 heterocycles. The van der Waals surface area contributed by atoms with Crippen molar-refractivity contribution in [2.75, 3.05) is 19.6 Å². The van der Waals surface area contributed by atoms with Crippen LogP contribution in [-0.2, 0) is 0 Å². The van der Waals surface area contributed by atoms with Crippen LogP contribution in [0.4, 0.5) is 8.78 Å². The number of hydrogen-bond acceptors (Lipinski definition) is 2. The predicted octanol–water partition coefficient (Wildman–Crippen LogP) is -0.228. The van der Waals surface area contributed by atoms with E-state index in [1.807, 2.05) is 0 Å². The molecule has 1 aliphatic rings. The van der Waals surface area contributed by atoms with Crippen LogP contribution >= 0.6 is 0 Å². The highest BCUT2D eigenvalue weighted by molar-refractivity contribution is 4.72. The SMILES string of the molecule is FC1(F)CNCCN1. The maximum Gasteiger partial charge on any atom is 0.314 e. The van der Waals surface area contributed by atoms with Crippen LogP contribution in [-0.4, -0.2) is 25.7 Å². The van der Waals surface area contributed by atoms with Gasteiger partial charge in [-0.3, -0.25) is 5.32 Å². The van der Waals surface area contributed by atoms with Gasteiger partial charge in [-0.1, -0.05) is 0 Å². The first-order valence-electron chi connectivity index (χ1n) is 2.54. The largest absolute Gasteiger partial charge is 0.314 e. The number of alkyl halides is 2. The van der Waals surface area contributed by atoms with Crippen LogP contribution in [0, 0.1) is 0 Å². The van der Waals surface area contributed by atoms with E-state index in [4.69, 9.17) is 0 Å². The summed E-state index contributed by atoms with van der Waals surface area (Å²) in [6.07, 6.45) is 0. The summed E-state index contributed by atoms with van der Waals surface area (Å²) >= 11 is 0. The lowest BCUT2D eigenvalue weighted by atomic mass is 10.4. The van der Waals surface area contributed by atoms with Crippen molar-refractivity contribution < 1.29 is 8.78 Å². The van der Waals surface area contributed by atoms with E-state index in [0.717, 1.165) is 0 Å². The van der Waals surface area contributed by atoms with Gasteiger partial charge in [0, 0.05) is 13.1 Å². The van der Waals surface area contributed by atoms with Gasteiger partial charge in [-0.15, -0.1) is 0 Å². The van der Waals surface area contributed by atoms with Crippen LogP contribution in [0.1, 0.15) is 0 Å². The third-order valence-corrected chi connectivity index (χ3v) is 1.03. The lowest BCUT2D eigenvalue weighted by molar-refractivity contribution is -0.0442. The van der Waals surface area contributed by atoms with E-state index in [-0.39, 0.29) is 6.54 Å². The summed E-state index contributed by atoms with van der Waals surface area (Å²) in [6.45, 7) is 0.746. The van der Waals surface area contributed by atoms with Gasteiger partial charge in [-0.25, -0.2) is 0 Å². The summed E-state index contributed by atoms with van der Waals surface area (Å²) in [7, 11) is 0. The fourth-order valence-electron chi connectivity index (χ4n) is 0.642. The molecule has 0 bridgehead atoms. The van der Waals surface area contributed by atoms with Gasteiger partial charge in [-0.2, -0.15) is 8.78 Å². The van der Waals surface area contributed by atoms with Crippen LogP contribution < -0.4 is 10.6 Å². The van der Waals surface area contributed by atoms with Crippen molar-refractivity contribution >= 4 is 0 Å². The molecular weight excluding hydrogens is 114 g/mol. The topological polar surface area (TPSA) is 24.1 Å². The van der Waals surface area contributed by atoms with Gasteiger partial charge in [0.05, 0.1) is 6.54 Å². The Morgan fingerprint density at radius 3 is 2.25 bits per heavy atom. The molecule has 0 amide bonds. The maximum absolute atomic E-state index is 12.0. The lowest BCUT2D eigenvalue weighted by Gasteiger charge is -2.23. The average Bonchev–Trinajstić information content (AvgIpc) is 1.65. The molecule has 0 radical (unpaired) electrons. The molecule has 0 aromatic heterocycles. The zero-order valence-electron chi connectivity index (χ0n) is 4.38. The molecule has 0 saturated carbocycles. The first-order chi connectivity index (χ1) is 3.71. The molecule has 0 unspecified atom stereocenters. The molecule has 0 aliphatic carbocycles. The van der Waals surface area contributed by atoms with Gasteiger partial charge in [0.1, 0.15) is 0 Å². The molecule has 0 spiro atoms. The number of piperazine rings is 1. The fourth-order valence-corrected chi connectivity index (χ4v) is 0.642. The average molecular weight is 122 g/mol. The molecule has 0 aromatic rings. The molecule has 2 N–H and O–H groups in total. The van der Waals surface area contributed by atoms with Crippen molar-refractivity contribution in [1.82, 2.24) is 10.6 Å². The molecule has 4 heteroatoms. The van der Waals surface area contributed by atoms with Gasteiger partial charge in [0.25, 0.3) is 0 Å².